The lowest BCUT2D eigenvalue weighted by Crippen LogP contribution is -2.22. The molecule has 0 aliphatic carbocycles. The molecule has 1 fully saturated rings. The van der Waals surface area contributed by atoms with Crippen LogP contribution >= 0.6 is 11.8 Å². The molecule has 5 heteroatoms. The highest BCUT2D eigenvalue weighted by Gasteiger charge is 2.48. The van der Waals surface area contributed by atoms with Crippen molar-refractivity contribution in [1.29, 1.82) is 0 Å². The van der Waals surface area contributed by atoms with Crippen LogP contribution in [0.3, 0.4) is 0 Å². The fourth-order valence-electron chi connectivity index (χ4n) is 1.47. The second-order valence-corrected chi connectivity index (χ2v) is 5.06. The molecule has 1 amide bonds. The van der Waals surface area contributed by atoms with Gasteiger partial charge in [-0.05, 0) is 6.42 Å². The van der Waals surface area contributed by atoms with Crippen molar-refractivity contribution >= 4 is 22.8 Å². The largest absolute Gasteiger partial charge is 0.367 e. The lowest BCUT2D eigenvalue weighted by atomic mass is 10.2. The smallest absolute Gasteiger partial charge is 0.249 e. The standard InChI is InChI=1S/C11H19NO3S/c1-2-3-4-5-6-7-16-11(14)9-8(15-9)10(12)13/h8-9H,2-7H2,1H3,(H2,12,13). The van der Waals surface area contributed by atoms with Crippen LogP contribution in [0.1, 0.15) is 39.0 Å². The van der Waals surface area contributed by atoms with Gasteiger partial charge in [-0.1, -0.05) is 44.4 Å². The monoisotopic (exact) mass is 245 g/mol. The van der Waals surface area contributed by atoms with E-state index in [4.69, 9.17) is 10.5 Å². The molecule has 0 spiro atoms. The van der Waals surface area contributed by atoms with Crippen LogP contribution in [-0.2, 0) is 14.3 Å². The molecule has 0 bridgehead atoms. The molecule has 0 aromatic heterocycles. The van der Waals surface area contributed by atoms with Crippen molar-refractivity contribution < 1.29 is 14.3 Å². The van der Waals surface area contributed by atoms with Gasteiger partial charge in [-0.15, -0.1) is 0 Å². The number of unbranched alkanes of at least 4 members (excludes halogenated alkanes) is 4. The average molecular weight is 245 g/mol. The molecular formula is C11H19NO3S. The molecule has 0 aromatic carbocycles. The summed E-state index contributed by atoms with van der Waals surface area (Å²) >= 11 is 1.25. The number of amides is 1. The normalized spacial score (nSPS) is 23.1. The van der Waals surface area contributed by atoms with Crippen LogP contribution in [0, 0.1) is 0 Å². The second-order valence-electron chi connectivity index (χ2n) is 3.96. The molecule has 2 atom stereocenters. The Bertz CT molecular complexity index is 258. The van der Waals surface area contributed by atoms with E-state index in [-0.39, 0.29) is 5.12 Å². The number of hydrogen-bond acceptors (Lipinski definition) is 4. The summed E-state index contributed by atoms with van der Waals surface area (Å²) in [4.78, 5) is 22.1. The van der Waals surface area contributed by atoms with Gasteiger partial charge in [-0.3, -0.25) is 9.59 Å². The summed E-state index contributed by atoms with van der Waals surface area (Å²) in [7, 11) is 0. The first-order valence-corrected chi connectivity index (χ1v) is 6.76. The minimum atomic E-state index is -0.667. The molecule has 1 heterocycles. The lowest BCUT2D eigenvalue weighted by Gasteiger charge is -1.98. The molecule has 1 aliphatic rings. The van der Waals surface area contributed by atoms with Crippen LogP contribution in [-0.4, -0.2) is 29.0 Å². The number of hydrogen-bond donors (Lipinski definition) is 1. The van der Waals surface area contributed by atoms with E-state index in [1.165, 1.54) is 37.4 Å². The van der Waals surface area contributed by atoms with Gasteiger partial charge in [0.1, 0.15) is 0 Å². The van der Waals surface area contributed by atoms with E-state index in [9.17, 15) is 9.59 Å². The molecular weight excluding hydrogens is 226 g/mol. The van der Waals surface area contributed by atoms with Gasteiger partial charge in [-0.25, -0.2) is 0 Å². The number of carbonyl (C=O) groups is 2. The van der Waals surface area contributed by atoms with E-state index < -0.39 is 18.1 Å². The average Bonchev–Trinajstić information content (AvgIpc) is 3.02. The maximum absolute atomic E-state index is 11.4. The fraction of sp³-hybridized carbons (Fsp3) is 0.818. The number of carbonyl (C=O) groups excluding carboxylic acids is 2. The highest BCUT2D eigenvalue weighted by Crippen LogP contribution is 2.27. The first kappa shape index (κ1) is 13.5. The van der Waals surface area contributed by atoms with E-state index in [0.717, 1.165) is 12.2 Å². The third-order valence-electron chi connectivity index (χ3n) is 2.50. The van der Waals surface area contributed by atoms with Crippen LogP contribution in [0.4, 0.5) is 0 Å². The first-order chi connectivity index (χ1) is 7.66. The zero-order valence-corrected chi connectivity index (χ0v) is 10.4. The highest BCUT2D eigenvalue weighted by molar-refractivity contribution is 8.13. The molecule has 0 aromatic rings. The van der Waals surface area contributed by atoms with Gasteiger partial charge in [0, 0.05) is 5.75 Å². The van der Waals surface area contributed by atoms with Gasteiger partial charge in [0.25, 0.3) is 0 Å². The van der Waals surface area contributed by atoms with E-state index in [2.05, 4.69) is 6.92 Å². The Balaban J connectivity index is 1.98. The minimum absolute atomic E-state index is 0.0562. The SMILES string of the molecule is CCCCCCCSC(=O)C1OC1C(N)=O. The summed E-state index contributed by atoms with van der Waals surface area (Å²) in [6.07, 6.45) is 4.69. The van der Waals surface area contributed by atoms with Crippen molar-refractivity contribution in [2.24, 2.45) is 5.73 Å². The summed E-state index contributed by atoms with van der Waals surface area (Å²) in [6.45, 7) is 2.17. The predicted molar refractivity (Wildman–Crippen MR) is 64.1 cm³/mol. The van der Waals surface area contributed by atoms with E-state index in [1.54, 1.807) is 0 Å². The molecule has 0 radical (unpaired) electrons. The Morgan fingerprint density at radius 2 is 1.88 bits per heavy atom. The Morgan fingerprint density at radius 3 is 2.44 bits per heavy atom. The Labute approximate surface area is 100 Å². The summed E-state index contributed by atoms with van der Waals surface area (Å²) in [5.74, 6) is 0.273. The number of thioether (sulfide) groups is 1. The number of nitrogens with two attached hydrogens (primary N) is 1. The van der Waals surface area contributed by atoms with Gasteiger partial charge < -0.3 is 10.5 Å². The van der Waals surface area contributed by atoms with Crippen LogP contribution in [0.25, 0.3) is 0 Å². The third-order valence-corrected chi connectivity index (χ3v) is 3.51. The summed E-state index contributed by atoms with van der Waals surface area (Å²) in [5, 5.41) is -0.0562. The maximum Gasteiger partial charge on any atom is 0.249 e. The first-order valence-electron chi connectivity index (χ1n) is 5.78. The van der Waals surface area contributed by atoms with Gasteiger partial charge in [0.15, 0.2) is 12.2 Å². The van der Waals surface area contributed by atoms with E-state index in [0.29, 0.717) is 0 Å². The van der Waals surface area contributed by atoms with Crippen molar-refractivity contribution in [3.8, 4) is 0 Å². The zero-order chi connectivity index (χ0) is 12.0. The Morgan fingerprint density at radius 1 is 1.19 bits per heavy atom. The predicted octanol–water partition coefficient (Wildman–Crippen LogP) is 1.47. The molecule has 1 aliphatic heterocycles. The molecule has 2 unspecified atom stereocenters. The number of ether oxygens (including phenoxy) is 1. The molecule has 0 saturated carbocycles. The van der Waals surface area contributed by atoms with Gasteiger partial charge in [0.2, 0.25) is 11.0 Å². The van der Waals surface area contributed by atoms with Crippen LogP contribution in [0.15, 0.2) is 0 Å². The number of epoxide rings is 1. The van der Waals surface area contributed by atoms with Crippen molar-refractivity contribution in [2.45, 2.75) is 51.2 Å². The maximum atomic E-state index is 11.4. The van der Waals surface area contributed by atoms with Crippen molar-refractivity contribution in [3.05, 3.63) is 0 Å². The van der Waals surface area contributed by atoms with Crippen LogP contribution < -0.4 is 5.73 Å². The summed E-state index contributed by atoms with van der Waals surface area (Å²) in [6, 6.07) is 0. The van der Waals surface area contributed by atoms with Crippen molar-refractivity contribution in [1.82, 2.24) is 0 Å². The van der Waals surface area contributed by atoms with E-state index in [1.807, 2.05) is 0 Å². The van der Waals surface area contributed by atoms with Gasteiger partial charge in [-0.2, -0.15) is 0 Å². The molecule has 92 valence electrons. The van der Waals surface area contributed by atoms with E-state index >= 15 is 0 Å². The topological polar surface area (TPSA) is 72.7 Å². The molecule has 16 heavy (non-hydrogen) atoms. The Kier molecular flexibility index (Phi) is 5.84. The van der Waals surface area contributed by atoms with Crippen LogP contribution in [0.5, 0.6) is 0 Å². The number of rotatable bonds is 8. The quantitative estimate of drug-likeness (QED) is 0.519. The molecule has 1 saturated heterocycles. The highest BCUT2D eigenvalue weighted by atomic mass is 32.2. The van der Waals surface area contributed by atoms with Crippen molar-refractivity contribution in [3.63, 3.8) is 0 Å². The summed E-state index contributed by atoms with van der Waals surface area (Å²) < 4.78 is 4.89. The third kappa shape index (κ3) is 4.53. The second kappa shape index (κ2) is 6.91. The molecule has 4 nitrogen and oxygen atoms in total. The van der Waals surface area contributed by atoms with Crippen molar-refractivity contribution in [2.75, 3.05) is 5.75 Å². The number of primary amides is 1. The van der Waals surface area contributed by atoms with Gasteiger partial charge >= 0.3 is 0 Å². The fourth-order valence-corrected chi connectivity index (χ4v) is 2.36. The molecule has 2 N–H and O–H groups in total. The summed E-state index contributed by atoms with van der Waals surface area (Å²) in [5.41, 5.74) is 5.01. The van der Waals surface area contributed by atoms with Gasteiger partial charge in [0.05, 0.1) is 0 Å². The molecule has 1 rings (SSSR count). The lowest BCUT2D eigenvalue weighted by molar-refractivity contribution is -0.119. The minimum Gasteiger partial charge on any atom is -0.367 e. The van der Waals surface area contributed by atoms with Crippen LogP contribution in [0.2, 0.25) is 0 Å². The zero-order valence-electron chi connectivity index (χ0n) is 9.61. The Hall–Kier alpha value is -0.550.